The zero-order valence-electron chi connectivity index (χ0n) is 10.9. The number of ether oxygens (including phenoxy) is 1. The van der Waals surface area contributed by atoms with E-state index in [-0.39, 0.29) is 0 Å². The third kappa shape index (κ3) is 7.27. The van der Waals surface area contributed by atoms with Crippen molar-refractivity contribution in [3.63, 3.8) is 0 Å². The number of unbranched alkanes of at least 4 members (excludes halogenated alkanes) is 1. The van der Waals surface area contributed by atoms with Crippen LogP contribution in [0.25, 0.3) is 0 Å². The van der Waals surface area contributed by atoms with Crippen molar-refractivity contribution in [3.8, 4) is 5.75 Å². The first-order valence-corrected chi connectivity index (χ1v) is 6.94. The van der Waals surface area contributed by atoms with E-state index in [0.29, 0.717) is 11.3 Å². The van der Waals surface area contributed by atoms with E-state index in [1.54, 1.807) is 0 Å². The lowest BCUT2D eigenvalue weighted by atomic mass is 10.0. The van der Waals surface area contributed by atoms with Crippen LogP contribution >= 0.6 is 11.6 Å². The van der Waals surface area contributed by atoms with Crippen molar-refractivity contribution in [2.45, 2.75) is 44.9 Å². The molecule has 0 amide bonds. The Morgan fingerprint density at radius 3 is 2.47 bits per heavy atom. The first kappa shape index (κ1) is 14.4. The second kappa shape index (κ2) is 8.41. The fourth-order valence-electron chi connectivity index (χ4n) is 1.80. The summed E-state index contributed by atoms with van der Waals surface area (Å²) >= 11 is 6.23. The molecule has 0 saturated carbocycles. The molecule has 0 fully saturated rings. The molecular formula is C15H23ClO. The van der Waals surface area contributed by atoms with Crippen LogP contribution in [-0.2, 0) is 0 Å². The molecule has 0 aliphatic rings. The van der Waals surface area contributed by atoms with Crippen molar-refractivity contribution in [2.24, 2.45) is 5.92 Å². The molecule has 0 spiro atoms. The van der Waals surface area contributed by atoms with Gasteiger partial charge in [0.2, 0.25) is 0 Å². The minimum Gasteiger partial charge on any atom is -0.494 e. The number of halogens is 1. The number of alkyl halides is 1. The maximum Gasteiger partial charge on any atom is 0.119 e. The molecule has 0 aliphatic heterocycles. The molecule has 0 aromatic heterocycles. The third-order valence-electron chi connectivity index (χ3n) is 2.65. The van der Waals surface area contributed by atoms with Gasteiger partial charge in [-0.2, -0.15) is 0 Å². The highest BCUT2D eigenvalue weighted by atomic mass is 35.5. The average Bonchev–Trinajstić information content (AvgIpc) is 2.29. The predicted octanol–water partition coefficient (Wildman–Crippen LogP) is 4.89. The van der Waals surface area contributed by atoms with Crippen LogP contribution in [0.1, 0.15) is 39.5 Å². The Labute approximate surface area is 110 Å². The summed E-state index contributed by atoms with van der Waals surface area (Å²) in [6.45, 7) is 5.22. The Kier molecular flexibility index (Phi) is 7.11. The summed E-state index contributed by atoms with van der Waals surface area (Å²) in [4.78, 5) is 0. The van der Waals surface area contributed by atoms with Crippen molar-refractivity contribution < 1.29 is 4.74 Å². The summed E-state index contributed by atoms with van der Waals surface area (Å²) < 4.78 is 5.63. The Hall–Kier alpha value is -0.690. The maximum atomic E-state index is 6.23. The normalized spacial score (nSPS) is 12.7. The molecule has 0 heterocycles. The Bertz CT molecular complexity index is 284. The molecule has 1 atom stereocenters. The van der Waals surface area contributed by atoms with Crippen LogP contribution in [0.5, 0.6) is 5.75 Å². The highest BCUT2D eigenvalue weighted by molar-refractivity contribution is 6.20. The van der Waals surface area contributed by atoms with E-state index < -0.39 is 0 Å². The molecule has 1 unspecified atom stereocenters. The smallest absolute Gasteiger partial charge is 0.119 e. The highest BCUT2D eigenvalue weighted by Gasteiger charge is 2.06. The molecule has 17 heavy (non-hydrogen) atoms. The van der Waals surface area contributed by atoms with Crippen molar-refractivity contribution >= 4 is 11.6 Å². The zero-order chi connectivity index (χ0) is 12.5. The van der Waals surface area contributed by atoms with Crippen LogP contribution in [-0.4, -0.2) is 12.0 Å². The van der Waals surface area contributed by atoms with Gasteiger partial charge in [0.1, 0.15) is 5.75 Å². The fourth-order valence-corrected chi connectivity index (χ4v) is 2.31. The van der Waals surface area contributed by atoms with E-state index in [4.69, 9.17) is 16.3 Å². The number of hydrogen-bond donors (Lipinski definition) is 0. The van der Waals surface area contributed by atoms with E-state index in [1.807, 2.05) is 30.3 Å². The van der Waals surface area contributed by atoms with Crippen LogP contribution in [0, 0.1) is 5.92 Å². The molecule has 1 rings (SSSR count). The third-order valence-corrected chi connectivity index (χ3v) is 3.05. The molecule has 1 aromatic rings. The van der Waals surface area contributed by atoms with Crippen molar-refractivity contribution in [3.05, 3.63) is 30.3 Å². The number of para-hydroxylation sites is 1. The molecule has 0 aliphatic carbocycles. The van der Waals surface area contributed by atoms with Gasteiger partial charge in [0.05, 0.1) is 6.61 Å². The van der Waals surface area contributed by atoms with Gasteiger partial charge in [-0.15, -0.1) is 11.6 Å². The molecule has 1 aromatic carbocycles. The molecular weight excluding hydrogens is 232 g/mol. The lowest BCUT2D eigenvalue weighted by Crippen LogP contribution is -2.04. The number of rotatable bonds is 8. The van der Waals surface area contributed by atoms with Crippen LogP contribution in [0.2, 0.25) is 0 Å². The van der Waals surface area contributed by atoms with Crippen LogP contribution in [0.4, 0.5) is 0 Å². The minimum atomic E-state index is 0.326. The number of hydrogen-bond acceptors (Lipinski definition) is 1. The maximum absolute atomic E-state index is 6.23. The summed E-state index contributed by atoms with van der Waals surface area (Å²) in [5, 5.41) is 0.326. The van der Waals surface area contributed by atoms with Crippen molar-refractivity contribution in [2.75, 3.05) is 6.61 Å². The first-order valence-electron chi connectivity index (χ1n) is 6.50. The lowest BCUT2D eigenvalue weighted by molar-refractivity contribution is 0.304. The van der Waals surface area contributed by atoms with E-state index in [2.05, 4.69) is 13.8 Å². The standard InChI is InChI=1S/C15H23ClO/c1-13(2)12-14(16)8-6-7-11-17-15-9-4-3-5-10-15/h3-5,9-10,13-14H,6-8,11-12H2,1-2H3. The second-order valence-electron chi connectivity index (χ2n) is 4.88. The zero-order valence-corrected chi connectivity index (χ0v) is 11.6. The van der Waals surface area contributed by atoms with Gasteiger partial charge in [-0.3, -0.25) is 0 Å². The van der Waals surface area contributed by atoms with Gasteiger partial charge in [0, 0.05) is 5.38 Å². The minimum absolute atomic E-state index is 0.326. The molecule has 0 saturated heterocycles. The average molecular weight is 255 g/mol. The second-order valence-corrected chi connectivity index (χ2v) is 5.50. The molecule has 0 bridgehead atoms. The molecule has 2 heteroatoms. The topological polar surface area (TPSA) is 9.23 Å². The lowest BCUT2D eigenvalue weighted by Gasteiger charge is -2.11. The summed E-state index contributed by atoms with van der Waals surface area (Å²) in [6.07, 6.45) is 4.43. The molecule has 96 valence electrons. The van der Waals surface area contributed by atoms with Gasteiger partial charge in [-0.05, 0) is 43.7 Å². The predicted molar refractivity (Wildman–Crippen MR) is 74.9 cm³/mol. The summed E-state index contributed by atoms with van der Waals surface area (Å²) in [7, 11) is 0. The monoisotopic (exact) mass is 254 g/mol. The SMILES string of the molecule is CC(C)CC(Cl)CCCCOc1ccccc1. The Morgan fingerprint density at radius 2 is 1.82 bits per heavy atom. The van der Waals surface area contributed by atoms with Gasteiger partial charge in [-0.1, -0.05) is 32.0 Å². The van der Waals surface area contributed by atoms with Crippen molar-refractivity contribution in [1.82, 2.24) is 0 Å². The summed E-state index contributed by atoms with van der Waals surface area (Å²) in [5.41, 5.74) is 0. The van der Waals surface area contributed by atoms with Crippen LogP contribution in [0.15, 0.2) is 30.3 Å². The summed E-state index contributed by atoms with van der Waals surface area (Å²) in [5.74, 6) is 1.65. The van der Waals surface area contributed by atoms with Gasteiger partial charge in [0.25, 0.3) is 0 Å². The van der Waals surface area contributed by atoms with E-state index in [0.717, 1.165) is 38.0 Å². The van der Waals surface area contributed by atoms with E-state index in [1.165, 1.54) is 0 Å². The van der Waals surface area contributed by atoms with E-state index in [9.17, 15) is 0 Å². The Morgan fingerprint density at radius 1 is 1.12 bits per heavy atom. The highest BCUT2D eigenvalue weighted by Crippen LogP contribution is 2.17. The van der Waals surface area contributed by atoms with Gasteiger partial charge < -0.3 is 4.74 Å². The summed E-state index contributed by atoms with van der Waals surface area (Å²) in [6, 6.07) is 9.96. The molecule has 0 N–H and O–H groups in total. The molecule has 0 radical (unpaired) electrons. The van der Waals surface area contributed by atoms with Gasteiger partial charge >= 0.3 is 0 Å². The quantitative estimate of drug-likeness (QED) is 0.474. The Balaban J connectivity index is 2.01. The van der Waals surface area contributed by atoms with Crippen LogP contribution < -0.4 is 4.74 Å². The number of benzene rings is 1. The fraction of sp³-hybridized carbons (Fsp3) is 0.600. The van der Waals surface area contributed by atoms with Crippen LogP contribution in [0.3, 0.4) is 0 Å². The van der Waals surface area contributed by atoms with Gasteiger partial charge in [0.15, 0.2) is 0 Å². The van der Waals surface area contributed by atoms with E-state index >= 15 is 0 Å². The first-order chi connectivity index (χ1) is 8.18. The van der Waals surface area contributed by atoms with Crippen molar-refractivity contribution in [1.29, 1.82) is 0 Å². The molecule has 1 nitrogen and oxygen atoms in total. The largest absolute Gasteiger partial charge is 0.494 e. The van der Waals surface area contributed by atoms with Gasteiger partial charge in [-0.25, -0.2) is 0 Å².